The van der Waals surface area contributed by atoms with E-state index in [4.69, 9.17) is 10.3 Å². The van der Waals surface area contributed by atoms with Crippen molar-refractivity contribution in [1.29, 1.82) is 0 Å². The van der Waals surface area contributed by atoms with E-state index in [1.165, 1.54) is 0 Å². The quantitative estimate of drug-likeness (QED) is 0.346. The molecule has 18 heavy (non-hydrogen) atoms. The molecule has 1 rings (SSSR count). The Bertz CT molecular complexity index is 590. The molecule has 0 radical (unpaired) electrons. The highest BCUT2D eigenvalue weighted by Crippen LogP contribution is 2.25. The molecule has 0 aliphatic carbocycles. The van der Waals surface area contributed by atoms with Crippen LogP contribution < -0.4 is 16.2 Å². The second-order valence-corrected chi connectivity index (χ2v) is 6.87. The van der Waals surface area contributed by atoms with Crippen molar-refractivity contribution in [2.24, 2.45) is 16.2 Å². The van der Waals surface area contributed by atoms with Gasteiger partial charge in [-0.3, -0.25) is 0 Å². The van der Waals surface area contributed by atoms with Gasteiger partial charge < -0.3 is 0 Å². The van der Waals surface area contributed by atoms with Gasteiger partial charge in [0.15, 0.2) is 0 Å². The number of hydrogen-bond acceptors (Lipinski definition) is 8. The lowest BCUT2D eigenvalue weighted by Crippen LogP contribution is -2.16. The summed E-state index contributed by atoms with van der Waals surface area (Å²) in [5.41, 5.74) is 0. The van der Waals surface area contributed by atoms with Crippen LogP contribution in [-0.2, 0) is 29.4 Å². The van der Waals surface area contributed by atoms with Crippen molar-refractivity contribution in [2.75, 3.05) is 0 Å². The van der Waals surface area contributed by atoms with Crippen molar-refractivity contribution in [3.63, 3.8) is 0 Å². The molecular weight excluding hydrogens is 306 g/mol. The van der Waals surface area contributed by atoms with Crippen LogP contribution in [0.3, 0.4) is 0 Å². The smallest absolute Gasteiger partial charge is 0.225 e. The second-order valence-electron chi connectivity index (χ2n) is 2.98. The van der Waals surface area contributed by atoms with E-state index in [0.29, 0.717) is 12.0 Å². The van der Waals surface area contributed by atoms with Gasteiger partial charge in [-0.05, 0) is 18.2 Å². The van der Waals surface area contributed by atoms with Crippen LogP contribution in [0.15, 0.2) is 32.9 Å². The SMILES string of the molecule is NOOSc1cc(S(N)(=O)=O)cc(S(N)(=O)=O)c1. The summed E-state index contributed by atoms with van der Waals surface area (Å²) in [4.78, 5) is 3.01. The largest absolute Gasteiger partial charge is 0.238 e. The van der Waals surface area contributed by atoms with E-state index in [-0.39, 0.29) is 4.90 Å². The minimum absolute atomic E-state index is 0.0796. The summed E-state index contributed by atoms with van der Waals surface area (Å²) in [6.07, 6.45) is 0. The Morgan fingerprint density at radius 1 is 0.944 bits per heavy atom. The standard InChI is InChI=1S/C6H9N3O6S3/c7-14-15-16-4-1-5(17(8,10)11)3-6(2-4)18(9,12)13/h1-3H,7H2,(H2,8,10,11)(H2,9,12,13). The monoisotopic (exact) mass is 315 g/mol. The Labute approximate surface area is 107 Å². The van der Waals surface area contributed by atoms with Crippen LogP contribution >= 0.6 is 12.0 Å². The van der Waals surface area contributed by atoms with Crippen molar-refractivity contribution >= 4 is 32.1 Å². The molecule has 0 amide bonds. The first kappa shape index (κ1) is 15.3. The third kappa shape index (κ3) is 4.18. The number of rotatable bonds is 5. The van der Waals surface area contributed by atoms with Gasteiger partial charge in [-0.15, -0.1) is 9.32 Å². The molecule has 102 valence electrons. The second kappa shape index (κ2) is 5.50. The first-order valence-corrected chi connectivity index (χ1v) is 7.89. The average molecular weight is 315 g/mol. The Morgan fingerprint density at radius 3 is 1.72 bits per heavy atom. The molecule has 6 N–H and O–H groups in total. The zero-order valence-corrected chi connectivity index (χ0v) is 11.1. The maximum absolute atomic E-state index is 11.2. The van der Waals surface area contributed by atoms with Crippen LogP contribution in [0.2, 0.25) is 0 Å². The summed E-state index contributed by atoms with van der Waals surface area (Å²) in [6, 6.07) is 2.99. The van der Waals surface area contributed by atoms with Gasteiger partial charge in [-0.1, -0.05) is 0 Å². The molecular formula is C6H9N3O6S3. The van der Waals surface area contributed by atoms with E-state index in [0.717, 1.165) is 18.2 Å². The normalized spacial score (nSPS) is 12.6. The van der Waals surface area contributed by atoms with Gasteiger partial charge in [0.2, 0.25) is 20.0 Å². The molecule has 0 bridgehead atoms. The molecule has 12 heteroatoms. The molecule has 0 aromatic heterocycles. The van der Waals surface area contributed by atoms with Crippen LogP contribution in [0, 0.1) is 0 Å². The van der Waals surface area contributed by atoms with Crippen LogP contribution in [0.5, 0.6) is 0 Å². The van der Waals surface area contributed by atoms with Gasteiger partial charge in [0.05, 0.1) is 21.8 Å². The summed E-state index contributed by atoms with van der Waals surface area (Å²) in [5.74, 6) is 4.60. The molecule has 9 nitrogen and oxygen atoms in total. The molecule has 0 atom stereocenters. The maximum atomic E-state index is 11.2. The molecule has 0 unspecified atom stereocenters. The predicted molar refractivity (Wildman–Crippen MR) is 61.4 cm³/mol. The Balaban J connectivity index is 3.39. The number of nitrogens with two attached hydrogens (primary N) is 3. The summed E-state index contributed by atoms with van der Waals surface area (Å²) in [6.45, 7) is 0. The Kier molecular flexibility index (Phi) is 4.68. The van der Waals surface area contributed by atoms with E-state index in [2.05, 4.69) is 15.2 Å². The molecule has 0 saturated heterocycles. The summed E-state index contributed by atoms with van der Waals surface area (Å²) < 4.78 is 49.0. The lowest BCUT2D eigenvalue weighted by atomic mass is 10.4. The predicted octanol–water partition coefficient (Wildman–Crippen LogP) is -1.19. The minimum Gasteiger partial charge on any atom is -0.225 e. The molecule has 1 aromatic rings. The first-order chi connectivity index (χ1) is 8.14. The first-order valence-electron chi connectivity index (χ1n) is 4.05. The molecule has 0 fully saturated rings. The summed E-state index contributed by atoms with van der Waals surface area (Å²) >= 11 is 0.494. The molecule has 0 saturated carbocycles. The van der Waals surface area contributed by atoms with Gasteiger partial charge in [0.25, 0.3) is 0 Å². The molecule has 0 heterocycles. The van der Waals surface area contributed by atoms with Gasteiger partial charge in [0, 0.05) is 4.90 Å². The highest BCUT2D eigenvalue weighted by molar-refractivity contribution is 7.94. The topological polar surface area (TPSA) is 165 Å². The maximum Gasteiger partial charge on any atom is 0.238 e. The van der Waals surface area contributed by atoms with Crippen LogP contribution in [0.4, 0.5) is 0 Å². The summed E-state index contributed by atoms with van der Waals surface area (Å²) in [5, 5.41) is 9.79. The fourth-order valence-electron chi connectivity index (χ4n) is 0.981. The van der Waals surface area contributed by atoms with Gasteiger partial charge in [0.1, 0.15) is 0 Å². The number of primary sulfonamides is 2. The van der Waals surface area contributed by atoms with Crippen molar-refractivity contribution in [2.45, 2.75) is 14.7 Å². The number of sulfonamides is 2. The lowest BCUT2D eigenvalue weighted by molar-refractivity contribution is -0.195. The van der Waals surface area contributed by atoms with E-state index in [9.17, 15) is 16.8 Å². The van der Waals surface area contributed by atoms with Gasteiger partial charge in [-0.25, -0.2) is 27.1 Å². The van der Waals surface area contributed by atoms with Gasteiger partial charge >= 0.3 is 0 Å². The fourth-order valence-corrected chi connectivity index (χ4v) is 2.84. The average Bonchev–Trinajstić information content (AvgIpc) is 2.23. The zero-order chi connectivity index (χ0) is 14.0. The molecule has 0 spiro atoms. The molecule has 0 aliphatic heterocycles. The number of benzene rings is 1. The van der Waals surface area contributed by atoms with E-state index < -0.39 is 29.8 Å². The van der Waals surface area contributed by atoms with E-state index >= 15 is 0 Å². The van der Waals surface area contributed by atoms with Crippen molar-refractivity contribution < 1.29 is 26.2 Å². The van der Waals surface area contributed by atoms with E-state index in [1.807, 2.05) is 0 Å². The van der Waals surface area contributed by atoms with Crippen LogP contribution in [-0.4, -0.2) is 16.8 Å². The Morgan fingerprint density at radius 2 is 1.39 bits per heavy atom. The third-order valence-corrected chi connectivity index (χ3v) is 4.04. The fraction of sp³-hybridized carbons (Fsp3) is 0. The summed E-state index contributed by atoms with van der Waals surface area (Å²) in [7, 11) is -8.19. The minimum atomic E-state index is -4.09. The van der Waals surface area contributed by atoms with Crippen molar-refractivity contribution in [3.8, 4) is 0 Å². The lowest BCUT2D eigenvalue weighted by Gasteiger charge is -2.05. The Hall–Kier alpha value is -0.730. The van der Waals surface area contributed by atoms with Crippen LogP contribution in [0.1, 0.15) is 0 Å². The van der Waals surface area contributed by atoms with Crippen molar-refractivity contribution in [1.82, 2.24) is 0 Å². The molecule has 0 aliphatic rings. The highest BCUT2D eigenvalue weighted by Gasteiger charge is 2.17. The number of hydrogen-bond donors (Lipinski definition) is 3. The highest BCUT2D eigenvalue weighted by atomic mass is 32.2. The van der Waals surface area contributed by atoms with Crippen molar-refractivity contribution in [3.05, 3.63) is 18.2 Å². The van der Waals surface area contributed by atoms with Gasteiger partial charge in [-0.2, -0.15) is 5.90 Å². The van der Waals surface area contributed by atoms with Crippen LogP contribution in [0.25, 0.3) is 0 Å². The third-order valence-electron chi connectivity index (χ3n) is 1.68. The van der Waals surface area contributed by atoms with E-state index in [1.54, 1.807) is 0 Å². The molecule has 1 aromatic carbocycles. The zero-order valence-electron chi connectivity index (χ0n) is 8.64.